The molecule has 0 aliphatic heterocycles. The number of benzene rings is 1. The highest BCUT2D eigenvalue weighted by Crippen LogP contribution is 2.14. The first-order valence-electron chi connectivity index (χ1n) is 7.49. The molecular weight excluding hydrogens is 326 g/mol. The number of hydrogen-bond acceptors (Lipinski definition) is 6. The first-order chi connectivity index (χ1) is 12.0. The molecule has 0 spiro atoms. The van der Waals surface area contributed by atoms with Crippen LogP contribution >= 0.6 is 0 Å². The van der Waals surface area contributed by atoms with E-state index in [1.165, 1.54) is 0 Å². The zero-order valence-corrected chi connectivity index (χ0v) is 13.3. The molecule has 0 saturated carbocycles. The fraction of sp³-hybridized carbons (Fsp3) is 0.188. The summed E-state index contributed by atoms with van der Waals surface area (Å²) in [6.07, 6.45) is -0.169. The standard InChI is InChI=1S/C16H15N5O4/c1-9-11(15(23)20-16(24)18-9)7-12(22)17-8-13-19-14(21-25-13)10-5-3-2-4-6-10/h2-6H,7-8H2,1H3,(H,17,22)(H2,18,20,23,24). The van der Waals surface area contributed by atoms with Crippen molar-refractivity contribution < 1.29 is 9.32 Å². The van der Waals surface area contributed by atoms with Crippen LogP contribution in [0.1, 0.15) is 17.1 Å². The molecule has 2 heterocycles. The van der Waals surface area contributed by atoms with Gasteiger partial charge in [-0.25, -0.2) is 4.79 Å². The second kappa shape index (κ2) is 6.95. The summed E-state index contributed by atoms with van der Waals surface area (Å²) in [5.74, 6) is 0.275. The van der Waals surface area contributed by atoms with Crippen LogP contribution in [0.25, 0.3) is 11.4 Å². The number of aromatic amines is 2. The van der Waals surface area contributed by atoms with Crippen LogP contribution in [0.4, 0.5) is 0 Å². The zero-order valence-electron chi connectivity index (χ0n) is 13.3. The van der Waals surface area contributed by atoms with Crippen LogP contribution in [0, 0.1) is 6.92 Å². The molecule has 1 aromatic carbocycles. The van der Waals surface area contributed by atoms with Crippen LogP contribution < -0.4 is 16.6 Å². The minimum Gasteiger partial charge on any atom is -0.347 e. The minimum atomic E-state index is -0.606. The molecule has 0 unspecified atom stereocenters. The van der Waals surface area contributed by atoms with Crippen molar-refractivity contribution in [3.05, 3.63) is 68.3 Å². The average molecular weight is 341 g/mol. The Hall–Kier alpha value is -3.49. The number of hydrogen-bond donors (Lipinski definition) is 3. The van der Waals surface area contributed by atoms with Gasteiger partial charge in [-0.15, -0.1) is 0 Å². The molecule has 3 aromatic rings. The van der Waals surface area contributed by atoms with Gasteiger partial charge in [-0.2, -0.15) is 4.98 Å². The number of aromatic nitrogens is 4. The van der Waals surface area contributed by atoms with E-state index in [9.17, 15) is 14.4 Å². The van der Waals surface area contributed by atoms with Gasteiger partial charge < -0.3 is 14.8 Å². The number of nitrogens with one attached hydrogen (secondary N) is 3. The predicted octanol–water partition coefficient (Wildman–Crippen LogP) is 0.281. The lowest BCUT2D eigenvalue weighted by Crippen LogP contribution is -2.32. The van der Waals surface area contributed by atoms with E-state index >= 15 is 0 Å². The van der Waals surface area contributed by atoms with Crippen molar-refractivity contribution >= 4 is 5.91 Å². The summed E-state index contributed by atoms with van der Waals surface area (Å²) >= 11 is 0. The summed E-state index contributed by atoms with van der Waals surface area (Å²) in [5, 5.41) is 6.46. The van der Waals surface area contributed by atoms with E-state index in [1.807, 2.05) is 30.3 Å². The van der Waals surface area contributed by atoms with E-state index in [1.54, 1.807) is 6.92 Å². The maximum Gasteiger partial charge on any atom is 0.325 e. The number of rotatable bonds is 5. The molecule has 128 valence electrons. The molecule has 0 saturated heterocycles. The molecule has 2 aromatic heterocycles. The Kier molecular flexibility index (Phi) is 4.55. The molecule has 0 atom stereocenters. The highest BCUT2D eigenvalue weighted by Gasteiger charge is 2.13. The van der Waals surface area contributed by atoms with Crippen molar-refractivity contribution in [2.45, 2.75) is 19.9 Å². The molecule has 0 fully saturated rings. The van der Waals surface area contributed by atoms with Crippen molar-refractivity contribution in [3.63, 3.8) is 0 Å². The van der Waals surface area contributed by atoms with Crippen LogP contribution in [0.2, 0.25) is 0 Å². The lowest BCUT2D eigenvalue weighted by Gasteiger charge is -2.04. The molecule has 0 radical (unpaired) electrons. The number of nitrogens with zero attached hydrogens (tertiary/aromatic N) is 2. The Morgan fingerprint density at radius 2 is 1.96 bits per heavy atom. The molecule has 1 amide bonds. The van der Waals surface area contributed by atoms with Crippen molar-refractivity contribution in [2.24, 2.45) is 0 Å². The van der Waals surface area contributed by atoms with Gasteiger partial charge >= 0.3 is 5.69 Å². The van der Waals surface area contributed by atoms with Crippen LogP contribution in [0.15, 0.2) is 44.4 Å². The fourth-order valence-electron chi connectivity index (χ4n) is 2.27. The number of H-pyrrole nitrogens is 2. The van der Waals surface area contributed by atoms with Crippen molar-refractivity contribution in [3.8, 4) is 11.4 Å². The van der Waals surface area contributed by atoms with E-state index in [-0.39, 0.29) is 24.4 Å². The molecule has 0 bridgehead atoms. The normalized spacial score (nSPS) is 10.6. The number of carbonyl (C=O) groups excluding carboxylic acids is 1. The van der Waals surface area contributed by atoms with Gasteiger partial charge in [-0.05, 0) is 6.92 Å². The van der Waals surface area contributed by atoms with Gasteiger partial charge in [0.2, 0.25) is 17.6 Å². The number of amides is 1. The van der Waals surface area contributed by atoms with Crippen LogP contribution in [0.5, 0.6) is 0 Å². The Balaban J connectivity index is 1.63. The highest BCUT2D eigenvalue weighted by molar-refractivity contribution is 5.78. The van der Waals surface area contributed by atoms with Gasteiger partial charge in [-0.1, -0.05) is 35.5 Å². The van der Waals surface area contributed by atoms with Crippen molar-refractivity contribution in [2.75, 3.05) is 0 Å². The van der Waals surface area contributed by atoms with Crippen molar-refractivity contribution in [1.29, 1.82) is 0 Å². The van der Waals surface area contributed by atoms with Crippen molar-refractivity contribution in [1.82, 2.24) is 25.4 Å². The van der Waals surface area contributed by atoms with Crippen LogP contribution in [-0.4, -0.2) is 26.0 Å². The minimum absolute atomic E-state index is 0.0406. The molecule has 0 aliphatic rings. The Morgan fingerprint density at radius 3 is 2.68 bits per heavy atom. The lowest BCUT2D eigenvalue weighted by atomic mass is 10.1. The van der Waals surface area contributed by atoms with Gasteiger partial charge in [0, 0.05) is 16.8 Å². The Morgan fingerprint density at radius 1 is 1.20 bits per heavy atom. The monoisotopic (exact) mass is 341 g/mol. The molecule has 3 N–H and O–H groups in total. The molecule has 25 heavy (non-hydrogen) atoms. The third kappa shape index (κ3) is 3.89. The first kappa shape index (κ1) is 16.4. The smallest absolute Gasteiger partial charge is 0.325 e. The van der Waals surface area contributed by atoms with Crippen LogP contribution in [0.3, 0.4) is 0 Å². The summed E-state index contributed by atoms with van der Waals surface area (Å²) in [7, 11) is 0. The summed E-state index contributed by atoms with van der Waals surface area (Å²) in [5.41, 5.74) is 0.173. The molecule has 3 rings (SSSR count). The Bertz CT molecular complexity index is 1000. The molecule has 0 aliphatic carbocycles. The number of aryl methyl sites for hydroxylation is 1. The van der Waals surface area contributed by atoms with E-state index in [0.29, 0.717) is 11.5 Å². The van der Waals surface area contributed by atoms with E-state index < -0.39 is 17.2 Å². The second-order valence-electron chi connectivity index (χ2n) is 5.34. The lowest BCUT2D eigenvalue weighted by molar-refractivity contribution is -0.120. The first-order valence-corrected chi connectivity index (χ1v) is 7.49. The van der Waals surface area contributed by atoms with Crippen LogP contribution in [-0.2, 0) is 17.8 Å². The summed E-state index contributed by atoms with van der Waals surface area (Å²) in [6.45, 7) is 1.60. The van der Waals surface area contributed by atoms with Gasteiger partial charge in [0.25, 0.3) is 5.56 Å². The quantitative estimate of drug-likeness (QED) is 0.610. The largest absolute Gasteiger partial charge is 0.347 e. The summed E-state index contributed by atoms with van der Waals surface area (Å²) in [6, 6.07) is 9.29. The molecular formula is C16H15N5O4. The second-order valence-corrected chi connectivity index (χ2v) is 5.34. The molecule has 9 nitrogen and oxygen atoms in total. The third-order valence-electron chi connectivity index (χ3n) is 3.53. The van der Waals surface area contributed by atoms with E-state index in [2.05, 4.69) is 25.4 Å². The van der Waals surface area contributed by atoms with E-state index in [0.717, 1.165) is 5.56 Å². The average Bonchev–Trinajstić information content (AvgIpc) is 3.06. The van der Waals surface area contributed by atoms with Gasteiger partial charge in [0.15, 0.2) is 0 Å². The third-order valence-corrected chi connectivity index (χ3v) is 3.53. The van der Waals surface area contributed by atoms with Gasteiger partial charge in [-0.3, -0.25) is 14.6 Å². The van der Waals surface area contributed by atoms with E-state index in [4.69, 9.17) is 4.52 Å². The zero-order chi connectivity index (χ0) is 17.8. The number of carbonyl (C=O) groups is 1. The SMILES string of the molecule is Cc1[nH]c(=O)[nH]c(=O)c1CC(=O)NCc1nc(-c2ccccc2)no1. The Labute approximate surface area is 141 Å². The summed E-state index contributed by atoms with van der Waals surface area (Å²) < 4.78 is 5.09. The molecule has 9 heteroatoms. The topological polar surface area (TPSA) is 134 Å². The predicted molar refractivity (Wildman–Crippen MR) is 87.7 cm³/mol. The van der Waals surface area contributed by atoms with Gasteiger partial charge in [0.1, 0.15) is 0 Å². The highest BCUT2D eigenvalue weighted by atomic mass is 16.5. The van der Waals surface area contributed by atoms with Gasteiger partial charge in [0.05, 0.1) is 13.0 Å². The maximum absolute atomic E-state index is 12.0. The fourth-order valence-corrected chi connectivity index (χ4v) is 2.27. The maximum atomic E-state index is 12.0. The summed E-state index contributed by atoms with van der Waals surface area (Å²) in [4.78, 5) is 43.6.